The van der Waals surface area contributed by atoms with Gasteiger partial charge in [0, 0.05) is 17.5 Å². The molecule has 2 amide bonds. The van der Waals surface area contributed by atoms with Gasteiger partial charge in [0.2, 0.25) is 0 Å². The number of likely N-dealkylation sites (N-methyl/N-ethyl adjacent to an activating group) is 1. The average molecular weight is 455 g/mol. The van der Waals surface area contributed by atoms with E-state index in [9.17, 15) is 9.59 Å². The molecule has 4 nitrogen and oxygen atoms in total. The summed E-state index contributed by atoms with van der Waals surface area (Å²) in [6.45, 7) is 2.04. The van der Waals surface area contributed by atoms with Crippen molar-refractivity contribution >= 4 is 35.3 Å². The molecule has 0 radical (unpaired) electrons. The van der Waals surface area contributed by atoms with Crippen LogP contribution in [0.1, 0.15) is 51.5 Å². The Labute approximate surface area is 198 Å². The van der Waals surface area contributed by atoms with Gasteiger partial charge in [0.05, 0.1) is 16.6 Å². The van der Waals surface area contributed by atoms with Crippen molar-refractivity contribution in [2.75, 3.05) is 11.9 Å². The lowest BCUT2D eigenvalue weighted by atomic mass is 9.87. The zero-order valence-electron chi connectivity index (χ0n) is 18.8. The highest BCUT2D eigenvalue weighted by molar-refractivity contribution is 8.04. The van der Waals surface area contributed by atoms with E-state index in [2.05, 4.69) is 23.5 Å². The second kappa shape index (κ2) is 8.91. The van der Waals surface area contributed by atoms with Gasteiger partial charge in [0.15, 0.2) is 0 Å². The summed E-state index contributed by atoms with van der Waals surface area (Å²) < 4.78 is 0. The fourth-order valence-corrected chi connectivity index (χ4v) is 5.65. The maximum absolute atomic E-state index is 13.1. The van der Waals surface area contributed by atoms with E-state index < -0.39 is 0 Å². The molecule has 1 aliphatic heterocycles. The van der Waals surface area contributed by atoms with Crippen LogP contribution in [0.15, 0.2) is 76.5 Å². The van der Waals surface area contributed by atoms with Crippen LogP contribution in [-0.2, 0) is 11.2 Å². The van der Waals surface area contributed by atoms with Crippen molar-refractivity contribution in [2.24, 2.45) is 0 Å². The summed E-state index contributed by atoms with van der Waals surface area (Å²) in [6, 6.07) is 22.0. The number of hydrogen-bond acceptors (Lipinski definition) is 3. The number of anilines is 1. The van der Waals surface area contributed by atoms with Crippen LogP contribution in [0.3, 0.4) is 0 Å². The third-order valence-corrected chi connectivity index (χ3v) is 7.55. The molecule has 0 aromatic heterocycles. The van der Waals surface area contributed by atoms with E-state index in [0.717, 1.165) is 41.0 Å². The van der Waals surface area contributed by atoms with Crippen LogP contribution in [0.5, 0.6) is 0 Å². The third kappa shape index (κ3) is 4.21. The fraction of sp³-hybridized carbons (Fsp3) is 0.214. The van der Waals surface area contributed by atoms with Gasteiger partial charge in [-0.2, -0.15) is 0 Å². The number of aryl methyl sites for hydroxylation is 2. The van der Waals surface area contributed by atoms with Crippen molar-refractivity contribution in [1.29, 1.82) is 0 Å². The molecular weight excluding hydrogens is 428 g/mol. The Morgan fingerprint density at radius 3 is 2.73 bits per heavy atom. The molecule has 0 bridgehead atoms. The lowest BCUT2D eigenvalue weighted by molar-refractivity contribution is -0.114. The minimum atomic E-state index is -0.105. The molecule has 0 spiro atoms. The summed E-state index contributed by atoms with van der Waals surface area (Å²) in [6.07, 6.45) is 5.01. The average Bonchev–Trinajstić information content (AvgIpc) is 2.84. The Balaban J connectivity index is 1.39. The molecule has 33 heavy (non-hydrogen) atoms. The molecule has 0 saturated carbocycles. The van der Waals surface area contributed by atoms with Gasteiger partial charge in [-0.3, -0.25) is 9.59 Å². The van der Waals surface area contributed by atoms with Crippen LogP contribution >= 0.6 is 11.8 Å². The zero-order valence-corrected chi connectivity index (χ0v) is 19.6. The van der Waals surface area contributed by atoms with Gasteiger partial charge in [0.1, 0.15) is 0 Å². The summed E-state index contributed by atoms with van der Waals surface area (Å²) in [5.41, 5.74) is 6.03. The second-order valence-corrected chi connectivity index (χ2v) is 9.71. The van der Waals surface area contributed by atoms with E-state index in [0.29, 0.717) is 10.5 Å². The van der Waals surface area contributed by atoms with Crippen molar-refractivity contribution < 1.29 is 9.59 Å². The minimum absolute atomic E-state index is 0.0240. The molecule has 1 N–H and O–H groups in total. The lowest BCUT2D eigenvalue weighted by Crippen LogP contribution is -2.32. The van der Waals surface area contributed by atoms with Gasteiger partial charge in [-0.05, 0) is 72.7 Å². The van der Waals surface area contributed by atoms with Crippen LogP contribution in [0.25, 0.3) is 6.08 Å². The number of nitrogens with zero attached hydrogens (tertiary/aromatic N) is 1. The Morgan fingerprint density at radius 2 is 1.88 bits per heavy atom. The number of rotatable bonds is 3. The molecule has 3 aromatic rings. The summed E-state index contributed by atoms with van der Waals surface area (Å²) in [5, 5.41) is 3.21. The summed E-state index contributed by atoms with van der Waals surface area (Å²) >= 11 is 1.46. The van der Waals surface area contributed by atoms with Crippen molar-refractivity contribution in [1.82, 2.24) is 5.32 Å². The van der Waals surface area contributed by atoms with Crippen molar-refractivity contribution in [3.8, 4) is 0 Å². The van der Waals surface area contributed by atoms with Gasteiger partial charge in [-0.25, -0.2) is 0 Å². The monoisotopic (exact) mass is 454 g/mol. The zero-order chi connectivity index (χ0) is 22.9. The summed E-state index contributed by atoms with van der Waals surface area (Å²) in [4.78, 5) is 29.5. The maximum Gasteiger partial charge on any atom is 0.264 e. The quantitative estimate of drug-likeness (QED) is 0.501. The number of hydrogen-bond donors (Lipinski definition) is 1. The van der Waals surface area contributed by atoms with E-state index in [4.69, 9.17) is 0 Å². The third-order valence-electron chi connectivity index (χ3n) is 6.47. The number of thioether (sulfide) groups is 1. The second-order valence-electron chi connectivity index (χ2n) is 8.63. The Kier molecular flexibility index (Phi) is 5.81. The molecule has 2 aliphatic rings. The first kappa shape index (κ1) is 21.5. The van der Waals surface area contributed by atoms with Gasteiger partial charge in [-0.15, -0.1) is 0 Å². The number of benzene rings is 3. The van der Waals surface area contributed by atoms with Gasteiger partial charge >= 0.3 is 0 Å². The number of nitrogens with one attached hydrogen (secondary N) is 1. The van der Waals surface area contributed by atoms with E-state index in [1.807, 2.05) is 61.5 Å². The summed E-state index contributed by atoms with van der Waals surface area (Å²) in [5.74, 6) is -0.166. The molecule has 0 saturated heterocycles. The number of amides is 2. The van der Waals surface area contributed by atoms with Gasteiger partial charge in [0.25, 0.3) is 11.8 Å². The number of carbonyl (C=O) groups is 2. The number of carbonyl (C=O) groups excluding carboxylic acids is 2. The van der Waals surface area contributed by atoms with Gasteiger partial charge in [-0.1, -0.05) is 60.3 Å². The normalized spacial score (nSPS) is 18.6. The first-order chi connectivity index (χ1) is 16.0. The molecule has 5 rings (SSSR count). The molecule has 1 aliphatic carbocycles. The summed E-state index contributed by atoms with van der Waals surface area (Å²) in [7, 11) is 1.77. The minimum Gasteiger partial charge on any atom is -0.345 e. The predicted octanol–water partition coefficient (Wildman–Crippen LogP) is 5.91. The first-order valence-corrected chi connectivity index (χ1v) is 12.1. The van der Waals surface area contributed by atoms with E-state index >= 15 is 0 Å². The Morgan fingerprint density at radius 1 is 1.09 bits per heavy atom. The largest absolute Gasteiger partial charge is 0.345 e. The fourth-order valence-electron chi connectivity index (χ4n) is 4.57. The molecule has 3 aromatic carbocycles. The van der Waals surface area contributed by atoms with Gasteiger partial charge < -0.3 is 10.2 Å². The van der Waals surface area contributed by atoms with Crippen LogP contribution < -0.4 is 10.2 Å². The van der Waals surface area contributed by atoms with E-state index in [1.54, 1.807) is 11.9 Å². The van der Waals surface area contributed by atoms with Crippen molar-refractivity contribution in [2.45, 2.75) is 37.1 Å². The Hall–Kier alpha value is -3.31. The standard InChI is InChI=1S/C28H26N2O2S/c1-18-8-3-4-10-20(18)17-26-28(32)30(2)24-16-21(14-15-25(24)33-26)27(31)29-23-13-7-11-19-9-5-6-12-22(19)23/h3-6,8-10,12,14-17,23H,7,11,13H2,1-2H3,(H,29,31). The van der Waals surface area contributed by atoms with Crippen molar-refractivity contribution in [3.63, 3.8) is 0 Å². The van der Waals surface area contributed by atoms with Crippen LogP contribution in [0.2, 0.25) is 0 Å². The molecule has 1 atom stereocenters. The number of fused-ring (bicyclic) bond motifs is 2. The van der Waals surface area contributed by atoms with Crippen LogP contribution in [0, 0.1) is 6.92 Å². The van der Waals surface area contributed by atoms with Crippen LogP contribution in [0.4, 0.5) is 5.69 Å². The maximum atomic E-state index is 13.1. The van der Waals surface area contributed by atoms with E-state index in [1.165, 1.54) is 22.9 Å². The molecule has 166 valence electrons. The highest BCUT2D eigenvalue weighted by Gasteiger charge is 2.28. The molecule has 1 heterocycles. The first-order valence-electron chi connectivity index (χ1n) is 11.3. The molecule has 0 fully saturated rings. The van der Waals surface area contributed by atoms with E-state index in [-0.39, 0.29) is 17.9 Å². The Bertz CT molecular complexity index is 1280. The van der Waals surface area contributed by atoms with Crippen molar-refractivity contribution in [3.05, 3.63) is 99.5 Å². The molecule has 1 unspecified atom stereocenters. The molecular formula is C28H26N2O2S. The highest BCUT2D eigenvalue weighted by Crippen LogP contribution is 2.42. The predicted molar refractivity (Wildman–Crippen MR) is 134 cm³/mol. The molecule has 5 heteroatoms. The topological polar surface area (TPSA) is 49.4 Å². The SMILES string of the molecule is Cc1ccccc1C=C1Sc2ccc(C(=O)NC3CCCc4ccccc43)cc2N(C)C1=O. The smallest absolute Gasteiger partial charge is 0.264 e. The highest BCUT2D eigenvalue weighted by atomic mass is 32.2. The lowest BCUT2D eigenvalue weighted by Gasteiger charge is -2.28. The van der Waals surface area contributed by atoms with Crippen LogP contribution in [-0.4, -0.2) is 18.9 Å².